The second-order valence-electron chi connectivity index (χ2n) is 7.58. The van der Waals surface area contributed by atoms with Gasteiger partial charge in [0, 0.05) is 11.8 Å². The van der Waals surface area contributed by atoms with Gasteiger partial charge in [0.05, 0.1) is 37.3 Å². The van der Waals surface area contributed by atoms with Crippen molar-refractivity contribution in [3.05, 3.63) is 90.5 Å². The summed E-state index contributed by atoms with van der Waals surface area (Å²) in [5.41, 5.74) is 3.47. The maximum absolute atomic E-state index is 12.5. The van der Waals surface area contributed by atoms with Gasteiger partial charge in [-0.3, -0.25) is 14.8 Å². The van der Waals surface area contributed by atoms with Crippen LogP contribution in [0.3, 0.4) is 0 Å². The van der Waals surface area contributed by atoms with Crippen LogP contribution in [0, 0.1) is 0 Å². The fourth-order valence-corrected chi connectivity index (χ4v) is 3.38. The Morgan fingerprint density at radius 2 is 1.62 bits per heavy atom. The number of benzene rings is 2. The summed E-state index contributed by atoms with van der Waals surface area (Å²) in [7, 11) is 0. The molecular weight excluding hydrogens is 428 g/mol. The smallest absolute Gasteiger partial charge is 0.229 e. The van der Waals surface area contributed by atoms with Crippen LogP contribution in [-0.4, -0.2) is 27.5 Å². The average Bonchev–Trinajstić information content (AvgIpc) is 2.86. The molecule has 0 aliphatic carbocycles. The van der Waals surface area contributed by atoms with Crippen molar-refractivity contribution < 1.29 is 14.3 Å². The van der Waals surface area contributed by atoms with E-state index >= 15 is 0 Å². The minimum absolute atomic E-state index is 0.154. The number of rotatable bonds is 9. The van der Waals surface area contributed by atoms with Gasteiger partial charge in [-0.15, -0.1) is 0 Å². The summed E-state index contributed by atoms with van der Waals surface area (Å²) in [6, 6.07) is 17.3. The highest BCUT2D eigenvalue weighted by atomic mass is 16.5. The van der Waals surface area contributed by atoms with Crippen LogP contribution in [0.2, 0.25) is 0 Å². The van der Waals surface area contributed by atoms with Gasteiger partial charge in [0.15, 0.2) is 17.3 Å². The third-order valence-electron chi connectivity index (χ3n) is 5.08. The summed E-state index contributed by atoms with van der Waals surface area (Å²) < 4.78 is 11.6. The molecule has 0 saturated carbocycles. The summed E-state index contributed by atoms with van der Waals surface area (Å²) >= 11 is 0. The predicted octanol–water partition coefficient (Wildman–Crippen LogP) is 5.47. The summed E-state index contributed by atoms with van der Waals surface area (Å²) in [6.45, 7) is 4.56. The molecule has 0 spiro atoms. The van der Waals surface area contributed by atoms with Crippen LogP contribution in [0.25, 0.3) is 11.3 Å². The molecule has 2 heterocycles. The van der Waals surface area contributed by atoms with Crippen LogP contribution in [0.4, 0.5) is 5.82 Å². The van der Waals surface area contributed by atoms with Crippen LogP contribution in [-0.2, 0) is 17.6 Å². The number of nitrogens with one attached hydrogen (secondary N) is 1. The zero-order valence-electron chi connectivity index (χ0n) is 19.2. The summed E-state index contributed by atoms with van der Waals surface area (Å²) in [4.78, 5) is 25.5. The lowest BCUT2D eigenvalue weighted by Gasteiger charge is -2.12. The Hall–Kier alpha value is -4.26. The Morgan fingerprint density at radius 3 is 2.38 bits per heavy atom. The SMILES string of the molecule is CCOc1ccccc1Oc1cncc(-c2cncc(NC(=O)Cc3ccc(CC)cc3)n2)c1. The largest absolute Gasteiger partial charge is 0.490 e. The van der Waals surface area contributed by atoms with E-state index < -0.39 is 0 Å². The van der Waals surface area contributed by atoms with E-state index in [9.17, 15) is 4.79 Å². The number of pyridine rings is 1. The number of para-hydroxylation sites is 2. The molecule has 1 amide bonds. The number of anilines is 1. The first kappa shape index (κ1) is 22.9. The molecule has 34 heavy (non-hydrogen) atoms. The van der Waals surface area contributed by atoms with Gasteiger partial charge in [0.2, 0.25) is 5.91 Å². The van der Waals surface area contributed by atoms with Gasteiger partial charge in [-0.2, -0.15) is 0 Å². The molecule has 0 aliphatic heterocycles. The van der Waals surface area contributed by atoms with Crippen molar-refractivity contribution in [2.45, 2.75) is 26.7 Å². The number of amides is 1. The minimum Gasteiger partial charge on any atom is -0.490 e. The predicted molar refractivity (Wildman–Crippen MR) is 131 cm³/mol. The molecule has 172 valence electrons. The van der Waals surface area contributed by atoms with Crippen LogP contribution in [0.1, 0.15) is 25.0 Å². The molecule has 0 aliphatic rings. The first-order valence-corrected chi connectivity index (χ1v) is 11.2. The third kappa shape index (κ3) is 5.95. The number of aryl methyl sites for hydroxylation is 1. The van der Waals surface area contributed by atoms with Crippen molar-refractivity contribution in [1.29, 1.82) is 0 Å². The van der Waals surface area contributed by atoms with Crippen molar-refractivity contribution >= 4 is 11.7 Å². The number of ether oxygens (including phenoxy) is 2. The van der Waals surface area contributed by atoms with Crippen molar-refractivity contribution in [3.63, 3.8) is 0 Å². The molecule has 0 unspecified atom stereocenters. The molecule has 7 heteroatoms. The average molecular weight is 455 g/mol. The van der Waals surface area contributed by atoms with Crippen LogP contribution < -0.4 is 14.8 Å². The quantitative estimate of drug-likeness (QED) is 0.361. The van der Waals surface area contributed by atoms with E-state index in [2.05, 4.69) is 27.2 Å². The highest BCUT2D eigenvalue weighted by Gasteiger charge is 2.10. The molecule has 0 saturated heterocycles. The molecule has 0 bridgehead atoms. The second kappa shape index (κ2) is 11.0. The Bertz CT molecular complexity index is 1260. The number of carbonyl (C=O) groups excluding carboxylic acids is 1. The fraction of sp³-hybridized carbons (Fsp3) is 0.185. The molecule has 4 aromatic rings. The van der Waals surface area contributed by atoms with Gasteiger partial charge < -0.3 is 14.8 Å². The molecule has 2 aromatic heterocycles. The molecule has 7 nitrogen and oxygen atoms in total. The zero-order valence-corrected chi connectivity index (χ0v) is 19.2. The molecule has 1 N–H and O–H groups in total. The van der Waals surface area contributed by atoms with E-state index in [1.54, 1.807) is 18.6 Å². The second-order valence-corrected chi connectivity index (χ2v) is 7.58. The fourth-order valence-electron chi connectivity index (χ4n) is 3.38. The van der Waals surface area contributed by atoms with E-state index in [-0.39, 0.29) is 12.3 Å². The Labute approximate surface area is 198 Å². The van der Waals surface area contributed by atoms with Gasteiger partial charge in [-0.05, 0) is 42.7 Å². The lowest BCUT2D eigenvalue weighted by atomic mass is 10.1. The monoisotopic (exact) mass is 454 g/mol. The van der Waals surface area contributed by atoms with E-state index in [1.165, 1.54) is 11.8 Å². The molecule has 0 fully saturated rings. The molecule has 4 rings (SSSR count). The summed E-state index contributed by atoms with van der Waals surface area (Å²) in [5, 5.41) is 2.82. The molecule has 0 radical (unpaired) electrons. The van der Waals surface area contributed by atoms with Gasteiger partial charge in [0.25, 0.3) is 0 Å². The van der Waals surface area contributed by atoms with Crippen LogP contribution >= 0.6 is 0 Å². The third-order valence-corrected chi connectivity index (χ3v) is 5.08. The van der Waals surface area contributed by atoms with Crippen molar-refractivity contribution in [3.8, 4) is 28.5 Å². The van der Waals surface area contributed by atoms with Crippen LogP contribution in [0.15, 0.2) is 79.4 Å². The standard InChI is InChI=1S/C27H26N4O3/c1-3-19-9-11-20(12-10-19)13-27(32)31-26-18-29-17-23(30-26)21-14-22(16-28-15-21)34-25-8-6-5-7-24(25)33-4-2/h5-12,14-18H,3-4,13H2,1-2H3,(H,30,31,32). The maximum Gasteiger partial charge on any atom is 0.229 e. The topological polar surface area (TPSA) is 86.2 Å². The number of aromatic nitrogens is 3. The van der Waals surface area contributed by atoms with Crippen molar-refractivity contribution in [2.75, 3.05) is 11.9 Å². The number of carbonyl (C=O) groups is 1. The van der Waals surface area contributed by atoms with Gasteiger partial charge in [-0.1, -0.05) is 43.3 Å². The maximum atomic E-state index is 12.5. The van der Waals surface area contributed by atoms with E-state index in [1.807, 2.05) is 61.5 Å². The Balaban J connectivity index is 1.46. The van der Waals surface area contributed by atoms with Gasteiger partial charge in [0.1, 0.15) is 5.75 Å². The first-order chi connectivity index (χ1) is 16.6. The number of hydrogen-bond donors (Lipinski definition) is 1. The van der Waals surface area contributed by atoms with Crippen molar-refractivity contribution in [2.24, 2.45) is 0 Å². The Kier molecular flexibility index (Phi) is 7.45. The number of nitrogens with zero attached hydrogens (tertiary/aromatic N) is 3. The van der Waals surface area contributed by atoms with E-state index in [4.69, 9.17) is 9.47 Å². The number of hydrogen-bond acceptors (Lipinski definition) is 6. The Morgan fingerprint density at radius 1 is 0.882 bits per heavy atom. The normalized spacial score (nSPS) is 10.5. The molecule has 2 aromatic carbocycles. The van der Waals surface area contributed by atoms with Crippen LogP contribution in [0.5, 0.6) is 17.2 Å². The minimum atomic E-state index is -0.154. The molecule has 0 atom stereocenters. The van der Waals surface area contributed by atoms with E-state index in [0.717, 1.165) is 12.0 Å². The van der Waals surface area contributed by atoms with E-state index in [0.29, 0.717) is 40.9 Å². The molecular formula is C27H26N4O3. The van der Waals surface area contributed by atoms with Gasteiger partial charge in [-0.25, -0.2) is 4.98 Å². The lowest BCUT2D eigenvalue weighted by Crippen LogP contribution is -2.15. The lowest BCUT2D eigenvalue weighted by molar-refractivity contribution is -0.115. The van der Waals surface area contributed by atoms with Crippen molar-refractivity contribution in [1.82, 2.24) is 15.0 Å². The first-order valence-electron chi connectivity index (χ1n) is 11.2. The van der Waals surface area contributed by atoms with Gasteiger partial charge >= 0.3 is 0 Å². The highest BCUT2D eigenvalue weighted by molar-refractivity contribution is 5.91. The summed E-state index contributed by atoms with van der Waals surface area (Å²) in [6.07, 6.45) is 7.66. The summed E-state index contributed by atoms with van der Waals surface area (Å²) in [5.74, 6) is 2.02. The zero-order chi connectivity index (χ0) is 23.8. The highest BCUT2D eigenvalue weighted by Crippen LogP contribution is 2.32.